The lowest BCUT2D eigenvalue weighted by Crippen LogP contribution is -2.33. The lowest BCUT2D eigenvalue weighted by atomic mass is 10.1. The highest BCUT2D eigenvalue weighted by atomic mass is 35.5. The van der Waals surface area contributed by atoms with Crippen molar-refractivity contribution in [1.82, 2.24) is 9.88 Å². The first-order valence-electron chi connectivity index (χ1n) is 6.66. The van der Waals surface area contributed by atoms with Gasteiger partial charge in [-0.2, -0.15) is 0 Å². The van der Waals surface area contributed by atoms with Gasteiger partial charge in [-0.1, -0.05) is 53.5 Å². The highest BCUT2D eigenvalue weighted by Crippen LogP contribution is 2.18. The van der Waals surface area contributed by atoms with Gasteiger partial charge in [0, 0.05) is 0 Å². The normalized spacial score (nSPS) is 12.3. The van der Waals surface area contributed by atoms with Gasteiger partial charge in [0.05, 0.1) is 6.34 Å². The first-order valence-corrected chi connectivity index (χ1v) is 7.41. The first kappa shape index (κ1) is 17.2. The summed E-state index contributed by atoms with van der Waals surface area (Å²) in [7, 11) is 0. The molecule has 0 fully saturated rings. The van der Waals surface area contributed by atoms with Crippen LogP contribution in [-0.4, -0.2) is 22.7 Å². The van der Waals surface area contributed by atoms with Crippen molar-refractivity contribution in [2.75, 3.05) is 0 Å². The summed E-state index contributed by atoms with van der Waals surface area (Å²) in [5.74, 6) is -0.983. The molecule has 0 radical (unpaired) electrons. The van der Waals surface area contributed by atoms with Crippen molar-refractivity contribution in [3.63, 3.8) is 0 Å². The van der Waals surface area contributed by atoms with Gasteiger partial charge in [0.25, 0.3) is 5.91 Å². The van der Waals surface area contributed by atoms with E-state index in [4.69, 9.17) is 28.9 Å². The van der Waals surface area contributed by atoms with Crippen LogP contribution in [0.15, 0.2) is 47.5 Å². The van der Waals surface area contributed by atoms with Crippen molar-refractivity contribution in [2.24, 2.45) is 10.7 Å². The van der Waals surface area contributed by atoms with Crippen LogP contribution in [0.25, 0.3) is 0 Å². The number of aliphatic imine (C=N–C) groups is 1. The van der Waals surface area contributed by atoms with Gasteiger partial charge in [-0.3, -0.25) is 9.59 Å². The van der Waals surface area contributed by atoms with E-state index in [-0.39, 0.29) is 6.54 Å². The number of nitrogens with one attached hydrogen (secondary N) is 1. The van der Waals surface area contributed by atoms with Gasteiger partial charge >= 0.3 is 0 Å². The predicted molar refractivity (Wildman–Crippen MR) is 89.5 cm³/mol. The number of benzene rings is 1. The average Bonchev–Trinajstić information content (AvgIpc) is 2.86. The summed E-state index contributed by atoms with van der Waals surface area (Å²) >= 11 is 11.7. The van der Waals surface area contributed by atoms with E-state index in [1.54, 1.807) is 36.4 Å². The molecule has 1 aromatic carbocycles. The maximum Gasteiger partial charge on any atom is 0.267 e. The zero-order chi connectivity index (χ0) is 16.8. The Labute approximate surface area is 142 Å². The number of carbonyl (C=O) groups is 2. The largest absolute Gasteiger partial charge is 0.316 e. The van der Waals surface area contributed by atoms with Crippen LogP contribution in [0.5, 0.6) is 0 Å². The topological polar surface area (TPSA) is 89.5 Å². The summed E-state index contributed by atoms with van der Waals surface area (Å²) in [5.41, 5.74) is 6.47. The molecule has 0 aliphatic carbocycles. The third-order valence-corrected chi connectivity index (χ3v) is 3.68. The summed E-state index contributed by atoms with van der Waals surface area (Å²) in [6.45, 7) is -0.123. The van der Waals surface area contributed by atoms with Crippen LogP contribution in [-0.2, 0) is 16.1 Å². The Bertz CT molecular complexity index is 709. The standard InChI is InChI=1S/C15H14Cl2N4O2/c16-11-6-7-12(17)21(11)8-13(22)19-9-20-15(23)14(18)10-4-2-1-3-5-10/h1-7,9,14H,8,18H2,(H,19,20,22,23). The molecule has 0 aliphatic rings. The number of carbonyl (C=O) groups excluding carboxylic acids is 2. The van der Waals surface area contributed by atoms with Crippen LogP contribution in [0.3, 0.4) is 0 Å². The number of amides is 2. The Balaban J connectivity index is 1.88. The quantitative estimate of drug-likeness (QED) is 0.638. The van der Waals surface area contributed by atoms with Gasteiger partial charge in [-0.05, 0) is 17.7 Å². The molecule has 2 aromatic rings. The van der Waals surface area contributed by atoms with E-state index in [0.717, 1.165) is 6.34 Å². The smallest absolute Gasteiger partial charge is 0.267 e. The van der Waals surface area contributed by atoms with E-state index >= 15 is 0 Å². The maximum atomic E-state index is 11.9. The zero-order valence-electron chi connectivity index (χ0n) is 11.9. The van der Waals surface area contributed by atoms with Crippen molar-refractivity contribution < 1.29 is 9.59 Å². The van der Waals surface area contributed by atoms with Crippen LogP contribution < -0.4 is 11.1 Å². The molecule has 3 N–H and O–H groups in total. The second kappa shape index (κ2) is 7.92. The van der Waals surface area contributed by atoms with E-state index in [9.17, 15) is 9.59 Å². The Hall–Kier alpha value is -2.15. The average molecular weight is 353 g/mol. The van der Waals surface area contributed by atoms with Gasteiger partial charge in [-0.15, -0.1) is 0 Å². The van der Waals surface area contributed by atoms with Crippen molar-refractivity contribution in [2.45, 2.75) is 12.6 Å². The molecule has 120 valence electrons. The van der Waals surface area contributed by atoms with Gasteiger partial charge in [0.2, 0.25) is 5.91 Å². The summed E-state index contributed by atoms with van der Waals surface area (Å²) in [5, 5.41) is 3.02. The molecule has 1 atom stereocenters. The minimum absolute atomic E-state index is 0.123. The number of hydrogen-bond donors (Lipinski definition) is 2. The van der Waals surface area contributed by atoms with Crippen molar-refractivity contribution in [1.29, 1.82) is 0 Å². The Morgan fingerprint density at radius 3 is 2.39 bits per heavy atom. The van der Waals surface area contributed by atoms with Crippen molar-refractivity contribution in [3.05, 3.63) is 58.3 Å². The van der Waals surface area contributed by atoms with Crippen LogP contribution in [0.4, 0.5) is 0 Å². The Kier molecular flexibility index (Phi) is 5.92. The minimum Gasteiger partial charge on any atom is -0.316 e. The second-order valence-corrected chi connectivity index (χ2v) is 5.39. The number of nitrogens with zero attached hydrogens (tertiary/aromatic N) is 2. The lowest BCUT2D eigenvalue weighted by Gasteiger charge is -2.09. The Morgan fingerprint density at radius 2 is 1.78 bits per heavy atom. The van der Waals surface area contributed by atoms with E-state index in [2.05, 4.69) is 10.3 Å². The molecule has 0 spiro atoms. The maximum absolute atomic E-state index is 11.9. The van der Waals surface area contributed by atoms with Gasteiger partial charge in [0.1, 0.15) is 22.9 Å². The molecule has 1 unspecified atom stereocenters. The lowest BCUT2D eigenvalue weighted by molar-refractivity contribution is -0.120. The second-order valence-electron chi connectivity index (χ2n) is 4.61. The Morgan fingerprint density at radius 1 is 1.17 bits per heavy atom. The monoisotopic (exact) mass is 352 g/mol. The SMILES string of the molecule is NC(C(=O)NC=NC(=O)Cn1c(Cl)ccc1Cl)c1ccccc1. The van der Waals surface area contributed by atoms with Gasteiger partial charge < -0.3 is 15.6 Å². The van der Waals surface area contributed by atoms with E-state index in [1.807, 2.05) is 6.07 Å². The van der Waals surface area contributed by atoms with E-state index in [1.165, 1.54) is 4.57 Å². The molecular weight excluding hydrogens is 339 g/mol. The molecule has 1 aromatic heterocycles. The van der Waals surface area contributed by atoms with Gasteiger partial charge in [0.15, 0.2) is 0 Å². The van der Waals surface area contributed by atoms with Crippen LogP contribution in [0.1, 0.15) is 11.6 Å². The highest BCUT2D eigenvalue weighted by molar-refractivity contribution is 6.33. The number of hydrogen-bond acceptors (Lipinski definition) is 3. The molecule has 6 nitrogen and oxygen atoms in total. The number of nitrogens with two attached hydrogens (primary N) is 1. The van der Waals surface area contributed by atoms with Gasteiger partial charge in [-0.25, -0.2) is 4.99 Å². The van der Waals surface area contributed by atoms with Crippen molar-refractivity contribution >= 4 is 41.4 Å². The first-order chi connectivity index (χ1) is 11.0. The fourth-order valence-corrected chi connectivity index (χ4v) is 2.29. The molecule has 1 heterocycles. The third kappa shape index (κ3) is 4.66. The zero-order valence-corrected chi connectivity index (χ0v) is 13.5. The molecule has 0 aliphatic heterocycles. The predicted octanol–water partition coefficient (Wildman–Crippen LogP) is 2.17. The summed E-state index contributed by atoms with van der Waals surface area (Å²) in [6, 6.07) is 11.2. The molecule has 8 heteroatoms. The molecule has 23 heavy (non-hydrogen) atoms. The van der Waals surface area contributed by atoms with Crippen LogP contribution >= 0.6 is 23.2 Å². The molecule has 2 rings (SSSR count). The summed E-state index contributed by atoms with van der Waals surface area (Å²) in [6.07, 6.45) is 1.01. The van der Waals surface area contributed by atoms with Crippen LogP contribution in [0, 0.1) is 0 Å². The van der Waals surface area contributed by atoms with Crippen molar-refractivity contribution in [3.8, 4) is 0 Å². The fourth-order valence-electron chi connectivity index (χ4n) is 1.82. The number of aromatic nitrogens is 1. The third-order valence-electron chi connectivity index (χ3n) is 3.02. The molecule has 0 saturated heterocycles. The van der Waals surface area contributed by atoms with E-state index in [0.29, 0.717) is 15.9 Å². The molecular formula is C15H14Cl2N4O2. The molecule has 0 bridgehead atoms. The number of rotatable bonds is 5. The highest BCUT2D eigenvalue weighted by Gasteiger charge is 2.14. The fraction of sp³-hybridized carbons (Fsp3) is 0.133. The minimum atomic E-state index is -0.842. The van der Waals surface area contributed by atoms with Crippen LogP contribution in [0.2, 0.25) is 10.3 Å². The number of halogens is 2. The summed E-state index contributed by atoms with van der Waals surface area (Å²) in [4.78, 5) is 27.2. The molecule has 2 amide bonds. The summed E-state index contributed by atoms with van der Waals surface area (Å²) < 4.78 is 1.39. The molecule has 0 saturated carbocycles. The van der Waals surface area contributed by atoms with E-state index < -0.39 is 17.9 Å².